The first-order valence-electron chi connectivity index (χ1n) is 10.2. The van der Waals surface area contributed by atoms with E-state index in [9.17, 15) is 9.59 Å². The topological polar surface area (TPSA) is 67.2 Å². The van der Waals surface area contributed by atoms with Crippen LogP contribution in [0, 0.1) is 13.8 Å². The van der Waals surface area contributed by atoms with Gasteiger partial charge < -0.3 is 10.2 Å². The number of carbonyl (C=O) groups is 2. The molecule has 1 aliphatic carbocycles. The Morgan fingerprint density at radius 1 is 1.14 bits per heavy atom. The third-order valence-electron chi connectivity index (χ3n) is 5.73. The number of fused-ring (bicyclic) bond motifs is 1. The molecule has 6 nitrogen and oxygen atoms in total. The first kappa shape index (κ1) is 18.7. The molecule has 4 rings (SSSR count). The van der Waals surface area contributed by atoms with E-state index in [1.165, 1.54) is 16.8 Å². The van der Waals surface area contributed by atoms with Crippen molar-refractivity contribution in [1.29, 1.82) is 0 Å². The number of aromatic nitrogens is 2. The highest BCUT2D eigenvalue weighted by Crippen LogP contribution is 2.31. The number of rotatable bonds is 4. The summed E-state index contributed by atoms with van der Waals surface area (Å²) in [4.78, 5) is 26.2. The Labute approximate surface area is 165 Å². The molecule has 1 aromatic heterocycles. The van der Waals surface area contributed by atoms with Gasteiger partial charge in [0, 0.05) is 24.2 Å². The van der Waals surface area contributed by atoms with Gasteiger partial charge in [-0.25, -0.2) is 4.68 Å². The predicted molar refractivity (Wildman–Crippen MR) is 107 cm³/mol. The van der Waals surface area contributed by atoms with Gasteiger partial charge in [0.2, 0.25) is 11.8 Å². The van der Waals surface area contributed by atoms with Crippen LogP contribution in [-0.2, 0) is 16.0 Å². The maximum absolute atomic E-state index is 12.6. The van der Waals surface area contributed by atoms with Crippen LogP contribution in [-0.4, -0.2) is 39.6 Å². The zero-order valence-electron chi connectivity index (χ0n) is 16.7. The Bertz CT molecular complexity index is 882. The molecule has 0 spiro atoms. The van der Waals surface area contributed by atoms with Gasteiger partial charge in [-0.3, -0.25) is 9.59 Å². The van der Waals surface area contributed by atoms with Crippen LogP contribution in [0.2, 0.25) is 0 Å². The lowest BCUT2D eigenvalue weighted by Crippen LogP contribution is -2.44. The molecule has 0 unspecified atom stereocenters. The fraction of sp³-hybridized carbons (Fsp3) is 0.500. The quantitative estimate of drug-likeness (QED) is 0.887. The van der Waals surface area contributed by atoms with Gasteiger partial charge in [0.15, 0.2) is 0 Å². The lowest BCUT2D eigenvalue weighted by atomic mass is 9.92. The molecule has 2 heterocycles. The number of piperidine rings is 1. The maximum Gasteiger partial charge on any atom is 0.240 e. The van der Waals surface area contributed by atoms with E-state index in [1.807, 2.05) is 10.9 Å². The first-order chi connectivity index (χ1) is 13.5. The fourth-order valence-corrected chi connectivity index (χ4v) is 4.44. The van der Waals surface area contributed by atoms with Gasteiger partial charge >= 0.3 is 0 Å². The molecule has 1 aliphatic heterocycles. The van der Waals surface area contributed by atoms with E-state index in [0.717, 1.165) is 43.4 Å². The smallest absolute Gasteiger partial charge is 0.240 e. The van der Waals surface area contributed by atoms with Gasteiger partial charge in [0.05, 0.1) is 24.5 Å². The Kier molecular flexibility index (Phi) is 5.20. The second-order valence-corrected chi connectivity index (χ2v) is 8.09. The van der Waals surface area contributed by atoms with Crippen molar-refractivity contribution in [2.75, 3.05) is 13.1 Å². The van der Waals surface area contributed by atoms with Gasteiger partial charge in [-0.05, 0) is 69.2 Å². The second-order valence-electron chi connectivity index (χ2n) is 8.09. The molecular formula is C22H28N4O2. The predicted octanol–water partition coefficient (Wildman–Crippen LogP) is 3.00. The van der Waals surface area contributed by atoms with Crippen molar-refractivity contribution in [2.45, 2.75) is 58.4 Å². The normalized spacial score (nSPS) is 19.4. The summed E-state index contributed by atoms with van der Waals surface area (Å²) in [6.07, 6.45) is 7.24. The molecule has 1 aromatic carbocycles. The monoisotopic (exact) mass is 380 g/mol. The molecule has 1 N–H and O–H groups in total. The number of hydrogen-bond donors (Lipinski definition) is 1. The summed E-state index contributed by atoms with van der Waals surface area (Å²) < 4.78 is 2.02. The number of nitrogens with one attached hydrogen (secondary N) is 1. The summed E-state index contributed by atoms with van der Waals surface area (Å²) >= 11 is 0. The van der Waals surface area contributed by atoms with E-state index >= 15 is 0 Å². The van der Waals surface area contributed by atoms with Crippen LogP contribution < -0.4 is 5.32 Å². The molecule has 2 amide bonds. The number of likely N-dealkylation sites (tertiary alicyclic amines) is 1. The highest BCUT2D eigenvalue weighted by Gasteiger charge is 2.27. The fourth-order valence-electron chi connectivity index (χ4n) is 4.44. The van der Waals surface area contributed by atoms with E-state index in [1.54, 1.807) is 4.90 Å². The van der Waals surface area contributed by atoms with Crippen LogP contribution in [0.3, 0.4) is 0 Å². The van der Waals surface area contributed by atoms with E-state index in [-0.39, 0.29) is 24.4 Å². The Morgan fingerprint density at radius 3 is 2.68 bits per heavy atom. The Hall–Kier alpha value is -2.63. The SMILES string of the molecule is Cc1cc(C)cc(-n2ncc3c2CCC[C@@H]3NC(=O)CN2CCCCC2=O)c1. The maximum atomic E-state index is 12.6. The number of carbonyl (C=O) groups excluding carboxylic acids is 2. The molecule has 1 fully saturated rings. The zero-order chi connectivity index (χ0) is 19.7. The lowest BCUT2D eigenvalue weighted by molar-refractivity contribution is -0.138. The Balaban J connectivity index is 1.51. The van der Waals surface area contributed by atoms with E-state index in [2.05, 4.69) is 42.5 Å². The third kappa shape index (κ3) is 3.81. The summed E-state index contributed by atoms with van der Waals surface area (Å²) in [7, 11) is 0. The van der Waals surface area contributed by atoms with Gasteiger partial charge in [-0.15, -0.1) is 0 Å². The largest absolute Gasteiger partial charge is 0.348 e. The van der Waals surface area contributed by atoms with Crippen LogP contribution in [0.25, 0.3) is 5.69 Å². The van der Waals surface area contributed by atoms with Crippen molar-refractivity contribution in [1.82, 2.24) is 20.0 Å². The Morgan fingerprint density at radius 2 is 1.93 bits per heavy atom. The molecule has 148 valence electrons. The minimum Gasteiger partial charge on any atom is -0.348 e. The average molecular weight is 380 g/mol. The summed E-state index contributed by atoms with van der Waals surface area (Å²) in [6, 6.07) is 6.41. The van der Waals surface area contributed by atoms with Gasteiger partial charge in [-0.1, -0.05) is 6.07 Å². The molecule has 0 saturated carbocycles. The molecule has 2 aromatic rings. The molecule has 0 radical (unpaired) electrons. The van der Waals surface area contributed by atoms with E-state index in [0.29, 0.717) is 13.0 Å². The van der Waals surface area contributed by atoms with Gasteiger partial charge in [0.1, 0.15) is 0 Å². The van der Waals surface area contributed by atoms with Gasteiger partial charge in [0.25, 0.3) is 0 Å². The number of hydrogen-bond acceptors (Lipinski definition) is 3. The molecule has 0 bridgehead atoms. The minimum absolute atomic E-state index is 0.0317. The first-order valence-corrected chi connectivity index (χ1v) is 10.2. The number of amides is 2. The van der Waals surface area contributed by atoms with Crippen molar-refractivity contribution in [3.63, 3.8) is 0 Å². The summed E-state index contributed by atoms with van der Waals surface area (Å²) in [6.45, 7) is 5.04. The zero-order valence-corrected chi connectivity index (χ0v) is 16.7. The summed E-state index contributed by atoms with van der Waals surface area (Å²) in [5.41, 5.74) is 5.78. The van der Waals surface area contributed by atoms with Crippen LogP contribution >= 0.6 is 0 Å². The van der Waals surface area contributed by atoms with Crippen molar-refractivity contribution in [3.8, 4) is 5.69 Å². The molecule has 1 atom stereocenters. The number of benzene rings is 1. The molecule has 2 aliphatic rings. The van der Waals surface area contributed by atoms with Crippen molar-refractivity contribution in [2.24, 2.45) is 0 Å². The molecular weight excluding hydrogens is 352 g/mol. The van der Waals surface area contributed by atoms with Crippen molar-refractivity contribution in [3.05, 3.63) is 46.8 Å². The van der Waals surface area contributed by atoms with E-state index in [4.69, 9.17) is 0 Å². The number of nitrogens with zero attached hydrogens (tertiary/aromatic N) is 3. The van der Waals surface area contributed by atoms with Crippen molar-refractivity contribution >= 4 is 11.8 Å². The average Bonchev–Trinajstić information content (AvgIpc) is 3.08. The summed E-state index contributed by atoms with van der Waals surface area (Å²) in [5.74, 6) is 0.0145. The van der Waals surface area contributed by atoms with Crippen LogP contribution in [0.15, 0.2) is 24.4 Å². The van der Waals surface area contributed by atoms with E-state index < -0.39 is 0 Å². The van der Waals surface area contributed by atoms with Crippen LogP contribution in [0.4, 0.5) is 0 Å². The van der Waals surface area contributed by atoms with Crippen molar-refractivity contribution < 1.29 is 9.59 Å². The molecule has 6 heteroatoms. The minimum atomic E-state index is -0.0766. The lowest BCUT2D eigenvalue weighted by Gasteiger charge is -2.28. The molecule has 1 saturated heterocycles. The standard InChI is InChI=1S/C22H28N4O2/c1-15-10-16(2)12-17(11-15)26-20-7-5-6-19(18(20)13-23-26)24-21(27)14-25-9-4-3-8-22(25)28/h10-13,19H,3-9,14H2,1-2H3,(H,24,27)/t19-/m0/s1. The third-order valence-corrected chi connectivity index (χ3v) is 5.73. The number of aryl methyl sites for hydroxylation is 2. The van der Waals surface area contributed by atoms with Crippen LogP contribution in [0.1, 0.15) is 60.5 Å². The van der Waals surface area contributed by atoms with Crippen LogP contribution in [0.5, 0.6) is 0 Å². The highest BCUT2D eigenvalue weighted by molar-refractivity contribution is 5.85. The molecule has 28 heavy (non-hydrogen) atoms. The summed E-state index contributed by atoms with van der Waals surface area (Å²) in [5, 5.41) is 7.78. The van der Waals surface area contributed by atoms with Gasteiger partial charge in [-0.2, -0.15) is 5.10 Å². The highest BCUT2D eigenvalue weighted by atomic mass is 16.2. The second kappa shape index (κ2) is 7.78.